The molecule has 2 aromatic rings. The van der Waals surface area contributed by atoms with E-state index in [4.69, 9.17) is 10.8 Å². The quantitative estimate of drug-likeness (QED) is 0.897. The third-order valence-electron chi connectivity index (χ3n) is 2.84. The molecule has 3 N–H and O–H groups in total. The van der Waals surface area contributed by atoms with E-state index in [-0.39, 0.29) is 17.1 Å². The molecule has 0 saturated heterocycles. The molecule has 0 amide bonds. The zero-order valence-corrected chi connectivity index (χ0v) is 11.0. The lowest BCUT2D eigenvalue weighted by Gasteiger charge is -2.12. The van der Waals surface area contributed by atoms with Gasteiger partial charge < -0.3 is 10.8 Å². The molecule has 1 aromatic carbocycles. The van der Waals surface area contributed by atoms with Gasteiger partial charge in [-0.15, -0.1) is 0 Å². The van der Waals surface area contributed by atoms with Crippen LogP contribution in [0.3, 0.4) is 0 Å². The summed E-state index contributed by atoms with van der Waals surface area (Å²) >= 11 is 0. The first-order chi connectivity index (χ1) is 10.2. The number of nitrogen functional groups attached to an aromatic ring is 1. The summed E-state index contributed by atoms with van der Waals surface area (Å²) in [5.41, 5.74) is 3.67. The predicted octanol–water partition coefficient (Wildman–Crippen LogP) is 1.60. The summed E-state index contributed by atoms with van der Waals surface area (Å²) in [6.07, 6.45) is -3.46. The number of nitrogens with two attached hydrogens (primary N) is 1. The van der Waals surface area contributed by atoms with Crippen LogP contribution in [0, 0.1) is 0 Å². The van der Waals surface area contributed by atoms with E-state index in [1.165, 1.54) is 0 Å². The Hall–Kier alpha value is -2.84. The van der Waals surface area contributed by atoms with Gasteiger partial charge in [-0.1, -0.05) is 12.1 Å². The molecular formula is C13H10F3N3O3. The van der Waals surface area contributed by atoms with Crippen LogP contribution in [0.5, 0.6) is 0 Å². The second-order valence-corrected chi connectivity index (χ2v) is 4.40. The number of hydrogen-bond donors (Lipinski definition) is 2. The Bertz CT molecular complexity index is 767. The zero-order valence-electron chi connectivity index (χ0n) is 11.0. The molecule has 1 aromatic heterocycles. The zero-order chi connectivity index (χ0) is 16.5. The van der Waals surface area contributed by atoms with E-state index in [1.54, 1.807) is 0 Å². The van der Waals surface area contributed by atoms with Crippen molar-refractivity contribution in [2.45, 2.75) is 12.7 Å². The average Bonchev–Trinajstić information content (AvgIpc) is 2.43. The third kappa shape index (κ3) is 3.08. The molecular weight excluding hydrogens is 303 g/mol. The van der Waals surface area contributed by atoms with Gasteiger partial charge in [-0.3, -0.25) is 14.2 Å². The molecule has 0 aliphatic heterocycles. The summed E-state index contributed by atoms with van der Waals surface area (Å²) in [6.45, 7) is -0.701. The van der Waals surface area contributed by atoms with E-state index in [2.05, 4.69) is 4.98 Å². The predicted molar refractivity (Wildman–Crippen MR) is 71.0 cm³/mol. The van der Waals surface area contributed by atoms with Crippen LogP contribution in [-0.2, 0) is 17.5 Å². The van der Waals surface area contributed by atoms with Crippen molar-refractivity contribution in [2.24, 2.45) is 0 Å². The molecule has 6 nitrogen and oxygen atoms in total. The van der Waals surface area contributed by atoms with E-state index in [9.17, 15) is 22.8 Å². The molecule has 116 valence electrons. The Kier molecular flexibility index (Phi) is 3.89. The average molecular weight is 313 g/mol. The molecule has 0 atom stereocenters. The lowest BCUT2D eigenvalue weighted by molar-refractivity contribution is -0.138. The maximum atomic E-state index is 12.5. The van der Waals surface area contributed by atoms with E-state index in [1.807, 2.05) is 0 Å². The number of benzene rings is 1. The molecule has 0 fully saturated rings. The molecule has 0 aliphatic rings. The van der Waals surface area contributed by atoms with Crippen molar-refractivity contribution in [3.63, 3.8) is 0 Å². The Morgan fingerprint density at radius 3 is 2.36 bits per heavy atom. The van der Waals surface area contributed by atoms with Crippen molar-refractivity contribution in [3.05, 3.63) is 46.4 Å². The summed E-state index contributed by atoms with van der Waals surface area (Å²) in [6, 6.07) is 3.87. The van der Waals surface area contributed by atoms with Gasteiger partial charge in [0.15, 0.2) is 0 Å². The molecule has 0 aliphatic carbocycles. The molecule has 2 rings (SSSR count). The first kappa shape index (κ1) is 15.5. The third-order valence-corrected chi connectivity index (χ3v) is 2.84. The largest absolute Gasteiger partial charge is 0.480 e. The highest BCUT2D eigenvalue weighted by molar-refractivity contribution is 5.68. The smallest absolute Gasteiger partial charge is 0.416 e. The molecule has 0 saturated carbocycles. The van der Waals surface area contributed by atoms with Crippen molar-refractivity contribution in [1.29, 1.82) is 0 Å². The van der Waals surface area contributed by atoms with Crippen LogP contribution in [0.2, 0.25) is 0 Å². The summed E-state index contributed by atoms with van der Waals surface area (Å²) in [4.78, 5) is 26.6. The van der Waals surface area contributed by atoms with Crippen molar-refractivity contribution < 1.29 is 23.1 Å². The van der Waals surface area contributed by atoms with Gasteiger partial charge in [0, 0.05) is 5.56 Å². The van der Waals surface area contributed by atoms with Gasteiger partial charge in [0.2, 0.25) is 0 Å². The van der Waals surface area contributed by atoms with Gasteiger partial charge in [0.05, 0.1) is 11.8 Å². The number of carboxylic acid groups (broad SMARTS) is 1. The minimum Gasteiger partial charge on any atom is -0.480 e. The Morgan fingerprint density at radius 1 is 1.27 bits per heavy atom. The fourth-order valence-electron chi connectivity index (χ4n) is 1.83. The number of hydrogen-bond acceptors (Lipinski definition) is 4. The highest BCUT2D eigenvalue weighted by Crippen LogP contribution is 2.30. The summed E-state index contributed by atoms with van der Waals surface area (Å²) in [7, 11) is 0. The van der Waals surface area contributed by atoms with Gasteiger partial charge in [-0.05, 0) is 12.1 Å². The lowest BCUT2D eigenvalue weighted by Crippen LogP contribution is -2.28. The Balaban J connectivity index is 2.55. The van der Waals surface area contributed by atoms with E-state index >= 15 is 0 Å². The second kappa shape index (κ2) is 5.51. The highest BCUT2D eigenvalue weighted by Gasteiger charge is 2.30. The maximum Gasteiger partial charge on any atom is 0.416 e. The van der Waals surface area contributed by atoms with E-state index in [0.29, 0.717) is 0 Å². The maximum absolute atomic E-state index is 12.5. The lowest BCUT2D eigenvalue weighted by atomic mass is 10.1. The van der Waals surface area contributed by atoms with Crippen LogP contribution >= 0.6 is 0 Å². The highest BCUT2D eigenvalue weighted by atomic mass is 19.4. The molecule has 1 heterocycles. The summed E-state index contributed by atoms with van der Waals surface area (Å²) < 4.78 is 38.4. The van der Waals surface area contributed by atoms with E-state index < -0.39 is 29.8 Å². The Labute approximate surface area is 121 Å². The first-order valence-corrected chi connectivity index (χ1v) is 5.95. The number of carbonyl (C=O) groups is 1. The molecule has 22 heavy (non-hydrogen) atoms. The summed E-state index contributed by atoms with van der Waals surface area (Å²) in [5.74, 6) is -1.38. The molecule has 0 spiro atoms. The van der Waals surface area contributed by atoms with Gasteiger partial charge in [-0.2, -0.15) is 13.2 Å². The molecule has 9 heteroatoms. The number of alkyl halides is 3. The van der Waals surface area contributed by atoms with Gasteiger partial charge >= 0.3 is 12.1 Å². The monoisotopic (exact) mass is 313 g/mol. The topological polar surface area (TPSA) is 98.2 Å². The van der Waals surface area contributed by atoms with Crippen LogP contribution < -0.4 is 11.3 Å². The van der Waals surface area contributed by atoms with Crippen molar-refractivity contribution in [1.82, 2.24) is 9.55 Å². The fourth-order valence-corrected chi connectivity index (χ4v) is 1.83. The number of rotatable bonds is 3. The standard InChI is InChI=1S/C13H10F3N3O3/c14-13(15,16)8-3-1-7(2-4-8)11-18-5-9(17)12(22)19(11)6-10(20)21/h1-5H,6,17H2,(H,20,21). The number of anilines is 1. The Morgan fingerprint density at radius 2 is 1.86 bits per heavy atom. The first-order valence-electron chi connectivity index (χ1n) is 5.95. The van der Waals surface area contributed by atoms with Crippen molar-refractivity contribution >= 4 is 11.7 Å². The minimum absolute atomic E-state index is 0.0738. The fraction of sp³-hybridized carbons (Fsp3) is 0.154. The van der Waals surface area contributed by atoms with Crippen LogP contribution in [0.25, 0.3) is 11.4 Å². The van der Waals surface area contributed by atoms with Crippen LogP contribution in [0.1, 0.15) is 5.56 Å². The molecule has 0 unspecified atom stereocenters. The van der Waals surface area contributed by atoms with Gasteiger partial charge in [0.25, 0.3) is 5.56 Å². The summed E-state index contributed by atoms with van der Waals surface area (Å²) in [5, 5.41) is 8.83. The number of carboxylic acids is 1. The van der Waals surface area contributed by atoms with Crippen LogP contribution in [0.4, 0.5) is 18.9 Å². The SMILES string of the molecule is Nc1cnc(-c2ccc(C(F)(F)F)cc2)n(CC(=O)O)c1=O. The van der Waals surface area contributed by atoms with Crippen LogP contribution in [-0.4, -0.2) is 20.6 Å². The van der Waals surface area contributed by atoms with Crippen LogP contribution in [0.15, 0.2) is 35.3 Å². The molecule has 0 bridgehead atoms. The minimum atomic E-state index is -4.49. The van der Waals surface area contributed by atoms with Gasteiger partial charge in [0.1, 0.15) is 18.1 Å². The van der Waals surface area contributed by atoms with Crippen molar-refractivity contribution in [3.8, 4) is 11.4 Å². The number of halogens is 3. The number of aromatic nitrogens is 2. The van der Waals surface area contributed by atoms with Gasteiger partial charge in [-0.25, -0.2) is 4.98 Å². The number of nitrogens with zero attached hydrogens (tertiary/aromatic N) is 2. The number of aliphatic carboxylic acids is 1. The normalized spacial score (nSPS) is 11.4. The van der Waals surface area contributed by atoms with Crippen molar-refractivity contribution in [2.75, 3.05) is 5.73 Å². The van der Waals surface area contributed by atoms with E-state index in [0.717, 1.165) is 35.0 Å². The molecule has 0 radical (unpaired) electrons. The second-order valence-electron chi connectivity index (χ2n) is 4.40.